The molecule has 0 aliphatic carbocycles. The average Bonchev–Trinajstić information content (AvgIpc) is 2.26. The highest BCUT2D eigenvalue weighted by atomic mass is 16.5. The molecule has 0 spiro atoms. The number of hydrogen-bond donors (Lipinski definition) is 1. The summed E-state index contributed by atoms with van der Waals surface area (Å²) in [7, 11) is 1.31. The molecule has 0 aromatic heterocycles. The molecule has 0 amide bonds. The van der Waals surface area contributed by atoms with Crippen molar-refractivity contribution in [2.75, 3.05) is 12.8 Å². The number of carbonyl (C=O) groups excluding carboxylic acids is 1. The normalized spacial score (nSPS) is 9.87. The predicted octanol–water partition coefficient (Wildman–Crippen LogP) is 1.33. The summed E-state index contributed by atoms with van der Waals surface area (Å²) in [6.07, 6.45) is 2.87. The van der Waals surface area contributed by atoms with E-state index < -0.39 is 5.97 Å². The zero-order valence-electron chi connectivity index (χ0n) is 8.23. The highest BCUT2D eigenvalue weighted by Gasteiger charge is 1.98. The topological polar surface area (TPSA) is 76.1 Å². The molecule has 4 nitrogen and oxygen atoms in total. The zero-order valence-corrected chi connectivity index (χ0v) is 8.23. The lowest BCUT2D eigenvalue weighted by Crippen LogP contribution is -1.94. The van der Waals surface area contributed by atoms with Gasteiger partial charge < -0.3 is 10.5 Å². The zero-order chi connectivity index (χ0) is 11.3. The summed E-state index contributed by atoms with van der Waals surface area (Å²) >= 11 is 0. The predicted molar refractivity (Wildman–Crippen MR) is 56.6 cm³/mol. The van der Waals surface area contributed by atoms with Gasteiger partial charge in [-0.1, -0.05) is 6.07 Å². The fourth-order valence-electron chi connectivity index (χ4n) is 1.02. The van der Waals surface area contributed by atoms with E-state index in [0.717, 1.165) is 5.56 Å². The van der Waals surface area contributed by atoms with Gasteiger partial charge in [0.05, 0.1) is 18.4 Å². The Morgan fingerprint density at radius 3 is 2.87 bits per heavy atom. The van der Waals surface area contributed by atoms with Crippen LogP contribution in [-0.2, 0) is 9.53 Å². The Balaban J connectivity index is 2.90. The number of esters is 1. The molecule has 2 N–H and O–H groups in total. The van der Waals surface area contributed by atoms with Gasteiger partial charge in [0.15, 0.2) is 0 Å². The summed E-state index contributed by atoms with van der Waals surface area (Å²) < 4.78 is 4.44. The van der Waals surface area contributed by atoms with Crippen molar-refractivity contribution in [1.29, 1.82) is 5.26 Å². The van der Waals surface area contributed by atoms with Crippen LogP contribution in [0.25, 0.3) is 6.08 Å². The Morgan fingerprint density at radius 1 is 1.60 bits per heavy atom. The van der Waals surface area contributed by atoms with Gasteiger partial charge in [0.25, 0.3) is 0 Å². The molecule has 1 rings (SSSR count). The molecule has 0 aliphatic rings. The van der Waals surface area contributed by atoms with Crippen LogP contribution in [-0.4, -0.2) is 13.1 Å². The number of methoxy groups -OCH3 is 1. The molecule has 76 valence electrons. The summed E-state index contributed by atoms with van der Waals surface area (Å²) in [5.41, 5.74) is 7.16. The first-order valence-electron chi connectivity index (χ1n) is 4.23. The summed E-state index contributed by atoms with van der Waals surface area (Å²) in [5, 5.41) is 8.64. The van der Waals surface area contributed by atoms with Gasteiger partial charge in [0, 0.05) is 6.08 Å². The Kier molecular flexibility index (Phi) is 3.47. The van der Waals surface area contributed by atoms with Crippen molar-refractivity contribution in [1.82, 2.24) is 0 Å². The number of rotatable bonds is 2. The SMILES string of the molecule is COC(=O)C=Cc1ccc(C#N)c(N)c1. The molecule has 0 aliphatic heterocycles. The highest BCUT2D eigenvalue weighted by Crippen LogP contribution is 2.14. The fourth-order valence-corrected chi connectivity index (χ4v) is 1.02. The van der Waals surface area contributed by atoms with Gasteiger partial charge in [-0.2, -0.15) is 5.26 Å². The van der Waals surface area contributed by atoms with Crippen molar-refractivity contribution in [3.63, 3.8) is 0 Å². The minimum atomic E-state index is -0.432. The molecule has 0 radical (unpaired) electrons. The Hall–Kier alpha value is -2.28. The standard InChI is InChI=1S/C11H10N2O2/c1-15-11(14)5-3-8-2-4-9(7-12)10(13)6-8/h2-6H,13H2,1H3. The maximum Gasteiger partial charge on any atom is 0.330 e. The first kappa shape index (κ1) is 10.8. The number of nitriles is 1. The minimum Gasteiger partial charge on any atom is -0.466 e. The van der Waals surface area contributed by atoms with Gasteiger partial charge in [0.2, 0.25) is 0 Å². The molecule has 0 heterocycles. The van der Waals surface area contributed by atoms with Crippen molar-refractivity contribution in [3.05, 3.63) is 35.4 Å². The molecule has 1 aromatic carbocycles. The number of nitrogens with two attached hydrogens (primary N) is 1. The van der Waals surface area contributed by atoms with E-state index in [2.05, 4.69) is 4.74 Å². The second kappa shape index (κ2) is 4.82. The van der Waals surface area contributed by atoms with Crippen molar-refractivity contribution >= 4 is 17.7 Å². The van der Waals surface area contributed by atoms with Crippen LogP contribution in [0.2, 0.25) is 0 Å². The Morgan fingerprint density at radius 2 is 2.33 bits per heavy atom. The Bertz CT molecular complexity index is 444. The second-order valence-corrected chi connectivity index (χ2v) is 2.81. The second-order valence-electron chi connectivity index (χ2n) is 2.81. The van der Waals surface area contributed by atoms with E-state index in [1.54, 1.807) is 24.3 Å². The van der Waals surface area contributed by atoms with E-state index in [-0.39, 0.29) is 0 Å². The molecule has 0 saturated heterocycles. The molecule has 0 bridgehead atoms. The summed E-state index contributed by atoms with van der Waals surface area (Å²) in [5.74, 6) is -0.432. The van der Waals surface area contributed by atoms with E-state index in [1.165, 1.54) is 13.2 Å². The highest BCUT2D eigenvalue weighted by molar-refractivity contribution is 5.87. The molecule has 0 fully saturated rings. The third-order valence-electron chi connectivity index (χ3n) is 1.81. The van der Waals surface area contributed by atoms with Gasteiger partial charge in [-0.05, 0) is 23.8 Å². The van der Waals surface area contributed by atoms with Crippen LogP contribution in [0, 0.1) is 11.3 Å². The van der Waals surface area contributed by atoms with Crippen LogP contribution in [0.5, 0.6) is 0 Å². The third-order valence-corrected chi connectivity index (χ3v) is 1.81. The first-order chi connectivity index (χ1) is 7.17. The minimum absolute atomic E-state index is 0.393. The number of benzene rings is 1. The maximum absolute atomic E-state index is 10.8. The van der Waals surface area contributed by atoms with Gasteiger partial charge in [0.1, 0.15) is 6.07 Å². The third kappa shape index (κ3) is 2.85. The first-order valence-corrected chi connectivity index (χ1v) is 4.23. The Labute approximate surface area is 87.6 Å². The molecule has 0 saturated carbocycles. The lowest BCUT2D eigenvalue weighted by Gasteiger charge is -1.98. The van der Waals surface area contributed by atoms with E-state index in [4.69, 9.17) is 11.0 Å². The van der Waals surface area contributed by atoms with Crippen LogP contribution < -0.4 is 5.73 Å². The lowest BCUT2D eigenvalue weighted by molar-refractivity contribution is -0.134. The molecular formula is C11H10N2O2. The number of hydrogen-bond acceptors (Lipinski definition) is 4. The van der Waals surface area contributed by atoms with Gasteiger partial charge in [-0.3, -0.25) is 0 Å². The summed E-state index contributed by atoms with van der Waals surface area (Å²) in [4.78, 5) is 10.8. The van der Waals surface area contributed by atoms with Crippen LogP contribution in [0.1, 0.15) is 11.1 Å². The summed E-state index contributed by atoms with van der Waals surface area (Å²) in [6.45, 7) is 0. The smallest absolute Gasteiger partial charge is 0.330 e. The molecule has 0 unspecified atom stereocenters. The number of nitrogen functional groups attached to an aromatic ring is 1. The van der Waals surface area contributed by atoms with Crippen LogP contribution >= 0.6 is 0 Å². The van der Waals surface area contributed by atoms with Crippen molar-refractivity contribution in [3.8, 4) is 6.07 Å². The quantitative estimate of drug-likeness (QED) is 0.446. The van der Waals surface area contributed by atoms with Gasteiger partial charge >= 0.3 is 5.97 Å². The van der Waals surface area contributed by atoms with Crippen LogP contribution in [0.3, 0.4) is 0 Å². The molecular weight excluding hydrogens is 192 g/mol. The molecule has 4 heteroatoms. The molecule has 1 aromatic rings. The van der Waals surface area contributed by atoms with Crippen molar-refractivity contribution in [2.45, 2.75) is 0 Å². The van der Waals surface area contributed by atoms with Crippen molar-refractivity contribution < 1.29 is 9.53 Å². The van der Waals surface area contributed by atoms with E-state index in [1.807, 2.05) is 6.07 Å². The summed E-state index contributed by atoms with van der Waals surface area (Å²) in [6, 6.07) is 6.89. The largest absolute Gasteiger partial charge is 0.466 e. The van der Waals surface area contributed by atoms with Crippen LogP contribution in [0.4, 0.5) is 5.69 Å². The van der Waals surface area contributed by atoms with Crippen LogP contribution in [0.15, 0.2) is 24.3 Å². The number of carbonyl (C=O) groups is 1. The van der Waals surface area contributed by atoms with E-state index in [9.17, 15) is 4.79 Å². The average molecular weight is 202 g/mol. The maximum atomic E-state index is 10.8. The molecule has 0 atom stereocenters. The molecule has 15 heavy (non-hydrogen) atoms. The van der Waals surface area contributed by atoms with E-state index in [0.29, 0.717) is 11.3 Å². The van der Waals surface area contributed by atoms with Gasteiger partial charge in [-0.25, -0.2) is 4.79 Å². The number of anilines is 1. The monoisotopic (exact) mass is 202 g/mol. The van der Waals surface area contributed by atoms with Gasteiger partial charge in [-0.15, -0.1) is 0 Å². The van der Waals surface area contributed by atoms with E-state index >= 15 is 0 Å². The number of nitrogens with zero attached hydrogens (tertiary/aromatic N) is 1. The fraction of sp³-hybridized carbons (Fsp3) is 0.0909. The number of ether oxygens (including phenoxy) is 1. The van der Waals surface area contributed by atoms with Crippen molar-refractivity contribution in [2.24, 2.45) is 0 Å². The lowest BCUT2D eigenvalue weighted by atomic mass is 10.1.